The van der Waals surface area contributed by atoms with E-state index in [0.717, 1.165) is 30.6 Å². The molecule has 2 aromatic heterocycles. The molecule has 3 aromatic rings. The minimum Gasteiger partial charge on any atom is -0.339 e. The molecule has 2 aliphatic heterocycles. The molecule has 2 fully saturated rings. The highest BCUT2D eigenvalue weighted by atomic mass is 35.5. The third-order valence-corrected chi connectivity index (χ3v) is 8.25. The Morgan fingerprint density at radius 2 is 1.80 bits per heavy atom. The van der Waals surface area contributed by atoms with Crippen molar-refractivity contribution in [3.05, 3.63) is 52.7 Å². The molecule has 45 heavy (non-hydrogen) atoms. The Morgan fingerprint density at radius 3 is 2.44 bits per heavy atom. The summed E-state index contributed by atoms with van der Waals surface area (Å²) in [5.74, 6) is 4.32. The fourth-order valence-corrected chi connectivity index (χ4v) is 5.77. The SMILES string of the molecule is CC#CCn1cc(-c2cnc(C(=O)Nc3ccc(C(=O)N4CCN(C(=O)C5CCNCC5)CC4)c(Cl)c3)n2C)c(C(F)(F)F)n1. The summed E-state index contributed by atoms with van der Waals surface area (Å²) in [4.78, 5) is 46.7. The number of carbonyl (C=O) groups excluding carboxylic acids is 3. The van der Waals surface area contributed by atoms with Crippen molar-refractivity contribution in [2.75, 3.05) is 44.6 Å². The van der Waals surface area contributed by atoms with Crippen LogP contribution < -0.4 is 10.6 Å². The van der Waals surface area contributed by atoms with Gasteiger partial charge in [0.25, 0.3) is 11.8 Å². The number of nitrogens with one attached hydrogen (secondary N) is 2. The molecule has 15 heteroatoms. The number of hydrogen-bond donors (Lipinski definition) is 2. The fraction of sp³-hybridized carbons (Fsp3) is 0.433. The highest BCUT2D eigenvalue weighted by molar-refractivity contribution is 6.34. The molecule has 2 aliphatic rings. The van der Waals surface area contributed by atoms with Gasteiger partial charge in [0.15, 0.2) is 11.5 Å². The van der Waals surface area contributed by atoms with Crippen LogP contribution in [0.1, 0.15) is 46.4 Å². The molecule has 2 N–H and O–H groups in total. The summed E-state index contributed by atoms with van der Waals surface area (Å²) >= 11 is 6.45. The summed E-state index contributed by atoms with van der Waals surface area (Å²) in [6.45, 7) is 4.86. The van der Waals surface area contributed by atoms with E-state index >= 15 is 0 Å². The van der Waals surface area contributed by atoms with Crippen molar-refractivity contribution in [3.63, 3.8) is 0 Å². The van der Waals surface area contributed by atoms with Crippen molar-refractivity contribution < 1.29 is 27.6 Å². The Kier molecular flexibility index (Phi) is 9.50. The van der Waals surface area contributed by atoms with Gasteiger partial charge in [-0.2, -0.15) is 18.3 Å². The summed E-state index contributed by atoms with van der Waals surface area (Å²) in [7, 11) is 1.43. The summed E-state index contributed by atoms with van der Waals surface area (Å²) in [6.07, 6.45) is -0.713. The number of aromatic nitrogens is 4. The van der Waals surface area contributed by atoms with Crippen LogP contribution >= 0.6 is 11.6 Å². The third-order valence-electron chi connectivity index (χ3n) is 7.94. The largest absolute Gasteiger partial charge is 0.435 e. The van der Waals surface area contributed by atoms with Crippen molar-refractivity contribution in [2.24, 2.45) is 13.0 Å². The Hall–Kier alpha value is -4.35. The lowest BCUT2D eigenvalue weighted by atomic mass is 9.96. The van der Waals surface area contributed by atoms with Gasteiger partial charge in [0.1, 0.15) is 6.54 Å². The van der Waals surface area contributed by atoms with Crippen LogP contribution in [0.25, 0.3) is 11.3 Å². The van der Waals surface area contributed by atoms with Crippen LogP contribution in [0, 0.1) is 17.8 Å². The highest BCUT2D eigenvalue weighted by Crippen LogP contribution is 2.36. The molecule has 5 rings (SSSR count). The zero-order valence-corrected chi connectivity index (χ0v) is 25.5. The van der Waals surface area contributed by atoms with Crippen LogP contribution in [0.4, 0.5) is 18.9 Å². The molecule has 0 bridgehead atoms. The minimum atomic E-state index is -4.74. The molecular weight excluding hydrogens is 613 g/mol. The second-order valence-electron chi connectivity index (χ2n) is 10.8. The average molecular weight is 645 g/mol. The maximum Gasteiger partial charge on any atom is 0.435 e. The number of alkyl halides is 3. The minimum absolute atomic E-state index is 0.0188. The van der Waals surface area contributed by atoms with Crippen molar-refractivity contribution in [3.8, 4) is 23.1 Å². The number of piperazine rings is 1. The van der Waals surface area contributed by atoms with Crippen molar-refractivity contribution in [1.82, 2.24) is 34.4 Å². The molecule has 3 amide bonds. The molecule has 0 aliphatic carbocycles. The van der Waals surface area contributed by atoms with Gasteiger partial charge in [-0.05, 0) is 51.1 Å². The van der Waals surface area contributed by atoms with E-state index in [0.29, 0.717) is 26.2 Å². The van der Waals surface area contributed by atoms with E-state index in [1.165, 1.54) is 42.2 Å². The lowest BCUT2D eigenvalue weighted by Crippen LogP contribution is -2.52. The number of piperidine rings is 1. The van der Waals surface area contributed by atoms with Gasteiger partial charge < -0.3 is 25.0 Å². The number of halogens is 4. The molecule has 0 saturated carbocycles. The van der Waals surface area contributed by atoms with Gasteiger partial charge in [-0.15, -0.1) is 5.92 Å². The molecule has 238 valence electrons. The predicted octanol–water partition coefficient (Wildman–Crippen LogP) is 3.52. The smallest absolute Gasteiger partial charge is 0.339 e. The zero-order valence-electron chi connectivity index (χ0n) is 24.7. The topological polar surface area (TPSA) is 117 Å². The Bertz CT molecular complexity index is 1660. The standard InChI is InChI=1S/C30H32ClF3N8O3/c1-3-4-11-42-18-22(25(38-42)30(32,33)34)24-17-36-26(39(24)2)27(43)37-20-5-6-21(23(31)16-20)29(45)41-14-12-40(13-15-41)28(44)19-7-9-35-10-8-19/h5-6,16-19,35H,7-15H2,1-2H3,(H,37,43). The first-order valence-electron chi connectivity index (χ1n) is 14.4. The summed E-state index contributed by atoms with van der Waals surface area (Å²) < 4.78 is 43.6. The summed E-state index contributed by atoms with van der Waals surface area (Å²) in [5.41, 5.74) is -0.796. The Morgan fingerprint density at radius 1 is 1.11 bits per heavy atom. The van der Waals surface area contributed by atoms with Crippen LogP contribution in [0.5, 0.6) is 0 Å². The van der Waals surface area contributed by atoms with E-state index in [1.54, 1.807) is 11.8 Å². The van der Waals surface area contributed by atoms with E-state index in [-0.39, 0.29) is 57.6 Å². The molecule has 0 atom stereocenters. The number of anilines is 1. The van der Waals surface area contributed by atoms with Gasteiger partial charge in [-0.1, -0.05) is 17.5 Å². The van der Waals surface area contributed by atoms with Crippen molar-refractivity contribution >= 4 is 35.0 Å². The number of carbonyl (C=O) groups is 3. The molecule has 0 spiro atoms. The number of benzene rings is 1. The van der Waals surface area contributed by atoms with Crippen LogP contribution in [0.2, 0.25) is 5.02 Å². The van der Waals surface area contributed by atoms with Gasteiger partial charge in [0.2, 0.25) is 5.91 Å². The van der Waals surface area contributed by atoms with E-state index in [2.05, 4.69) is 32.6 Å². The second-order valence-corrected chi connectivity index (χ2v) is 11.2. The molecule has 2 saturated heterocycles. The summed E-state index contributed by atoms with van der Waals surface area (Å²) in [5, 5.41) is 9.65. The second kappa shape index (κ2) is 13.3. The normalized spacial score (nSPS) is 15.9. The van der Waals surface area contributed by atoms with Crippen molar-refractivity contribution in [2.45, 2.75) is 32.5 Å². The van der Waals surface area contributed by atoms with Crippen LogP contribution in [-0.2, 0) is 24.6 Å². The van der Waals surface area contributed by atoms with Gasteiger partial charge in [0.05, 0.1) is 28.0 Å². The zero-order chi connectivity index (χ0) is 32.3. The monoisotopic (exact) mass is 644 g/mol. The third kappa shape index (κ3) is 6.99. The van der Waals surface area contributed by atoms with Crippen molar-refractivity contribution in [1.29, 1.82) is 0 Å². The molecule has 4 heterocycles. The fourth-order valence-electron chi connectivity index (χ4n) is 5.51. The van der Waals surface area contributed by atoms with E-state index in [4.69, 9.17) is 11.6 Å². The molecular formula is C30H32ClF3N8O3. The van der Waals surface area contributed by atoms with E-state index in [9.17, 15) is 27.6 Å². The first-order chi connectivity index (χ1) is 21.5. The lowest BCUT2D eigenvalue weighted by Gasteiger charge is -2.37. The number of hydrogen-bond acceptors (Lipinski definition) is 6. The van der Waals surface area contributed by atoms with Crippen LogP contribution in [-0.4, -0.2) is 86.1 Å². The molecule has 1 aromatic carbocycles. The number of amides is 3. The predicted molar refractivity (Wildman–Crippen MR) is 160 cm³/mol. The number of imidazole rings is 1. The van der Waals surface area contributed by atoms with Gasteiger partial charge >= 0.3 is 6.18 Å². The highest BCUT2D eigenvalue weighted by Gasteiger charge is 2.38. The van der Waals surface area contributed by atoms with E-state index in [1.807, 2.05) is 4.90 Å². The van der Waals surface area contributed by atoms with Crippen LogP contribution in [0.15, 0.2) is 30.6 Å². The Labute approximate surface area is 262 Å². The quantitative estimate of drug-likeness (QED) is 0.397. The van der Waals surface area contributed by atoms with Gasteiger partial charge in [0, 0.05) is 51.0 Å². The number of rotatable bonds is 6. The molecule has 0 radical (unpaired) electrons. The molecule has 11 nitrogen and oxygen atoms in total. The van der Waals surface area contributed by atoms with E-state index < -0.39 is 17.8 Å². The average Bonchev–Trinajstić information content (AvgIpc) is 3.63. The Balaban J connectivity index is 1.24. The summed E-state index contributed by atoms with van der Waals surface area (Å²) in [6, 6.07) is 4.44. The molecule has 0 unspecified atom stereocenters. The maximum absolute atomic E-state index is 13.7. The van der Waals surface area contributed by atoms with Crippen LogP contribution in [0.3, 0.4) is 0 Å². The van der Waals surface area contributed by atoms with Gasteiger partial charge in [-0.3, -0.25) is 19.1 Å². The maximum atomic E-state index is 13.7. The first-order valence-corrected chi connectivity index (χ1v) is 14.8. The lowest BCUT2D eigenvalue weighted by molar-refractivity contribution is -0.141. The first kappa shape index (κ1) is 32.1. The number of nitrogens with zero attached hydrogens (tertiary/aromatic N) is 6. The van der Waals surface area contributed by atoms with Gasteiger partial charge in [-0.25, -0.2) is 4.98 Å².